The van der Waals surface area contributed by atoms with Gasteiger partial charge in [0.05, 0.1) is 0 Å². The molecule has 3 heteroatoms. The zero-order valence-corrected chi connectivity index (χ0v) is 10.3. The highest BCUT2D eigenvalue weighted by atomic mass is 15.0. The van der Waals surface area contributed by atoms with Crippen molar-refractivity contribution in [2.24, 2.45) is 5.73 Å². The van der Waals surface area contributed by atoms with Crippen molar-refractivity contribution >= 4 is 5.82 Å². The maximum Gasteiger partial charge on any atom is 0.126 e. The molecule has 0 unspecified atom stereocenters. The second-order valence-electron chi connectivity index (χ2n) is 5.03. The summed E-state index contributed by atoms with van der Waals surface area (Å²) < 4.78 is 0. The number of hydrogen-bond acceptors (Lipinski definition) is 3. The Morgan fingerprint density at radius 1 is 1.33 bits per heavy atom. The molecule has 0 fully saturated rings. The van der Waals surface area contributed by atoms with E-state index in [2.05, 4.69) is 31.1 Å². The molecule has 1 aromatic rings. The van der Waals surface area contributed by atoms with Gasteiger partial charge in [0.1, 0.15) is 5.82 Å². The van der Waals surface area contributed by atoms with E-state index in [1.165, 1.54) is 0 Å². The lowest BCUT2D eigenvalue weighted by Crippen LogP contribution is -2.26. The third-order valence-corrected chi connectivity index (χ3v) is 2.12. The maximum atomic E-state index is 5.83. The standard InChI is InChI=1S/C12H21N3/c1-8(13)10-6-7-11(14-9(10)2)15-12(3,4)5/h6-8H,13H2,1-5H3,(H,14,15)/t8-/m0/s1. The van der Waals surface area contributed by atoms with E-state index >= 15 is 0 Å². The number of nitrogens with one attached hydrogen (secondary N) is 1. The summed E-state index contributed by atoms with van der Waals surface area (Å²) >= 11 is 0. The smallest absolute Gasteiger partial charge is 0.126 e. The molecule has 0 spiro atoms. The van der Waals surface area contributed by atoms with E-state index in [-0.39, 0.29) is 11.6 Å². The van der Waals surface area contributed by atoms with Crippen molar-refractivity contribution in [1.29, 1.82) is 0 Å². The summed E-state index contributed by atoms with van der Waals surface area (Å²) in [5.41, 5.74) is 7.97. The number of rotatable bonds is 2. The van der Waals surface area contributed by atoms with Gasteiger partial charge in [-0.1, -0.05) is 6.07 Å². The fourth-order valence-electron chi connectivity index (χ4n) is 1.51. The van der Waals surface area contributed by atoms with Crippen molar-refractivity contribution in [3.63, 3.8) is 0 Å². The van der Waals surface area contributed by atoms with Gasteiger partial charge in [-0.15, -0.1) is 0 Å². The van der Waals surface area contributed by atoms with E-state index in [9.17, 15) is 0 Å². The number of hydrogen-bond donors (Lipinski definition) is 2. The highest BCUT2D eigenvalue weighted by Crippen LogP contribution is 2.18. The third-order valence-electron chi connectivity index (χ3n) is 2.12. The van der Waals surface area contributed by atoms with Crippen LogP contribution in [0.25, 0.3) is 0 Å². The summed E-state index contributed by atoms with van der Waals surface area (Å²) in [5.74, 6) is 0.907. The molecular formula is C12H21N3. The molecule has 1 aromatic heterocycles. The SMILES string of the molecule is Cc1nc(NC(C)(C)C)ccc1[C@H](C)N. The van der Waals surface area contributed by atoms with Gasteiger partial charge in [0, 0.05) is 17.3 Å². The van der Waals surface area contributed by atoms with Crippen LogP contribution < -0.4 is 11.1 Å². The molecule has 0 saturated carbocycles. The molecule has 0 aliphatic carbocycles. The average molecular weight is 207 g/mol. The summed E-state index contributed by atoms with van der Waals surface area (Å²) in [6.07, 6.45) is 0. The molecule has 0 radical (unpaired) electrons. The molecule has 1 atom stereocenters. The molecular weight excluding hydrogens is 186 g/mol. The number of nitrogens with zero attached hydrogens (tertiary/aromatic N) is 1. The predicted octanol–water partition coefficient (Wildman–Crippen LogP) is 2.62. The monoisotopic (exact) mass is 207 g/mol. The van der Waals surface area contributed by atoms with Crippen molar-refractivity contribution in [2.75, 3.05) is 5.32 Å². The number of anilines is 1. The van der Waals surface area contributed by atoms with Gasteiger partial charge in [-0.25, -0.2) is 4.98 Å². The molecule has 0 aromatic carbocycles. The summed E-state index contributed by atoms with van der Waals surface area (Å²) in [6.45, 7) is 10.3. The summed E-state index contributed by atoms with van der Waals surface area (Å²) in [5, 5.41) is 3.34. The molecule has 3 N–H and O–H groups in total. The van der Waals surface area contributed by atoms with Crippen LogP contribution in [-0.4, -0.2) is 10.5 Å². The summed E-state index contributed by atoms with van der Waals surface area (Å²) in [4.78, 5) is 4.49. The van der Waals surface area contributed by atoms with Crippen LogP contribution in [0.5, 0.6) is 0 Å². The largest absolute Gasteiger partial charge is 0.365 e. The van der Waals surface area contributed by atoms with Gasteiger partial charge in [0.2, 0.25) is 0 Å². The van der Waals surface area contributed by atoms with Crippen LogP contribution in [0.3, 0.4) is 0 Å². The Balaban J connectivity index is 2.92. The second kappa shape index (κ2) is 4.19. The normalized spacial score (nSPS) is 13.7. The van der Waals surface area contributed by atoms with E-state index in [0.717, 1.165) is 17.1 Å². The topological polar surface area (TPSA) is 50.9 Å². The van der Waals surface area contributed by atoms with Gasteiger partial charge in [-0.05, 0) is 46.2 Å². The minimum atomic E-state index is 0.0370. The van der Waals surface area contributed by atoms with Crippen LogP contribution in [-0.2, 0) is 0 Å². The first kappa shape index (κ1) is 12.0. The van der Waals surface area contributed by atoms with Gasteiger partial charge in [0.25, 0.3) is 0 Å². The molecule has 84 valence electrons. The lowest BCUT2D eigenvalue weighted by molar-refractivity contribution is 0.629. The van der Waals surface area contributed by atoms with Crippen LogP contribution in [0.1, 0.15) is 45.0 Å². The fourth-order valence-corrected chi connectivity index (χ4v) is 1.51. The Kier molecular flexibility index (Phi) is 3.35. The van der Waals surface area contributed by atoms with Gasteiger partial charge in [-0.3, -0.25) is 0 Å². The van der Waals surface area contributed by atoms with E-state index in [1.807, 2.05) is 26.0 Å². The first-order valence-corrected chi connectivity index (χ1v) is 5.31. The summed E-state index contributed by atoms with van der Waals surface area (Å²) in [6, 6.07) is 4.07. The molecule has 0 aliphatic heterocycles. The van der Waals surface area contributed by atoms with Crippen molar-refractivity contribution in [3.8, 4) is 0 Å². The van der Waals surface area contributed by atoms with Gasteiger partial charge in [0.15, 0.2) is 0 Å². The Morgan fingerprint density at radius 3 is 2.33 bits per heavy atom. The van der Waals surface area contributed by atoms with Gasteiger partial charge in [-0.2, -0.15) is 0 Å². The van der Waals surface area contributed by atoms with E-state index in [4.69, 9.17) is 5.73 Å². The number of aryl methyl sites for hydroxylation is 1. The minimum absolute atomic E-state index is 0.0370. The lowest BCUT2D eigenvalue weighted by Gasteiger charge is -2.22. The zero-order valence-electron chi connectivity index (χ0n) is 10.3. The van der Waals surface area contributed by atoms with Crippen molar-refractivity contribution in [3.05, 3.63) is 23.4 Å². The van der Waals surface area contributed by atoms with Gasteiger partial charge >= 0.3 is 0 Å². The number of nitrogens with two attached hydrogens (primary N) is 1. The van der Waals surface area contributed by atoms with Crippen molar-refractivity contribution < 1.29 is 0 Å². The molecule has 3 nitrogen and oxygen atoms in total. The Bertz CT molecular complexity index is 337. The zero-order chi connectivity index (χ0) is 11.6. The third kappa shape index (κ3) is 3.51. The van der Waals surface area contributed by atoms with Crippen molar-refractivity contribution in [2.45, 2.75) is 46.2 Å². The van der Waals surface area contributed by atoms with Crippen LogP contribution in [0, 0.1) is 6.92 Å². The highest BCUT2D eigenvalue weighted by molar-refractivity contribution is 5.41. The fraction of sp³-hybridized carbons (Fsp3) is 0.583. The van der Waals surface area contributed by atoms with E-state index in [0.29, 0.717) is 0 Å². The quantitative estimate of drug-likeness (QED) is 0.783. The maximum absolute atomic E-state index is 5.83. The molecule has 0 bridgehead atoms. The minimum Gasteiger partial charge on any atom is -0.365 e. The number of pyridine rings is 1. The van der Waals surface area contributed by atoms with Crippen molar-refractivity contribution in [1.82, 2.24) is 4.98 Å². The van der Waals surface area contributed by atoms with Crippen LogP contribution in [0.15, 0.2) is 12.1 Å². The molecule has 0 saturated heterocycles. The molecule has 0 aliphatic rings. The molecule has 15 heavy (non-hydrogen) atoms. The number of aromatic nitrogens is 1. The Morgan fingerprint density at radius 2 is 1.93 bits per heavy atom. The summed E-state index contributed by atoms with van der Waals surface area (Å²) in [7, 11) is 0. The van der Waals surface area contributed by atoms with Crippen LogP contribution >= 0.6 is 0 Å². The van der Waals surface area contributed by atoms with E-state index < -0.39 is 0 Å². The predicted molar refractivity (Wildman–Crippen MR) is 65.0 cm³/mol. The molecule has 1 heterocycles. The van der Waals surface area contributed by atoms with Crippen LogP contribution in [0.4, 0.5) is 5.82 Å². The van der Waals surface area contributed by atoms with Gasteiger partial charge < -0.3 is 11.1 Å². The molecule has 0 amide bonds. The lowest BCUT2D eigenvalue weighted by atomic mass is 10.1. The molecule has 1 rings (SSSR count). The second-order valence-corrected chi connectivity index (χ2v) is 5.03. The highest BCUT2D eigenvalue weighted by Gasteiger charge is 2.11. The Labute approximate surface area is 92.1 Å². The van der Waals surface area contributed by atoms with E-state index in [1.54, 1.807) is 0 Å². The Hall–Kier alpha value is -1.09. The first-order valence-electron chi connectivity index (χ1n) is 5.31. The van der Waals surface area contributed by atoms with Crippen LogP contribution in [0.2, 0.25) is 0 Å². The average Bonchev–Trinajstić information content (AvgIpc) is 1.99. The first-order chi connectivity index (χ1) is 6.79.